The number of carboxylic acids is 1. The molecule has 2 aromatic rings. The lowest BCUT2D eigenvalue weighted by molar-refractivity contribution is 0.0696. The summed E-state index contributed by atoms with van der Waals surface area (Å²) in [6.07, 6.45) is 2.95. The molecule has 0 bridgehead atoms. The highest BCUT2D eigenvalue weighted by Crippen LogP contribution is 2.24. The molecule has 0 aliphatic heterocycles. The number of hydrogen-bond acceptors (Lipinski definition) is 1. The van der Waals surface area contributed by atoms with Crippen LogP contribution in [0.1, 0.15) is 58.8 Å². The van der Waals surface area contributed by atoms with E-state index in [1.54, 1.807) is 6.07 Å². The van der Waals surface area contributed by atoms with Crippen molar-refractivity contribution in [2.24, 2.45) is 0 Å². The topological polar surface area (TPSA) is 37.3 Å². The first-order chi connectivity index (χ1) is 10.5. The van der Waals surface area contributed by atoms with Crippen LogP contribution in [-0.4, -0.2) is 11.1 Å². The van der Waals surface area contributed by atoms with Gasteiger partial charge in [-0.2, -0.15) is 0 Å². The van der Waals surface area contributed by atoms with E-state index in [0.717, 1.165) is 30.4 Å². The van der Waals surface area contributed by atoms with E-state index in [9.17, 15) is 9.90 Å². The first kappa shape index (κ1) is 16.3. The van der Waals surface area contributed by atoms with Crippen molar-refractivity contribution in [3.63, 3.8) is 0 Å². The summed E-state index contributed by atoms with van der Waals surface area (Å²) >= 11 is 0. The molecule has 0 radical (unpaired) electrons. The summed E-state index contributed by atoms with van der Waals surface area (Å²) in [5.41, 5.74) is 5.21. The SMILES string of the molecule is CCC(C)c1ccccc1CCc1cccc(C(=O)O)c1C. The summed E-state index contributed by atoms with van der Waals surface area (Å²) in [7, 11) is 0. The Balaban J connectivity index is 2.21. The van der Waals surface area contributed by atoms with Crippen molar-refractivity contribution >= 4 is 5.97 Å². The Bertz CT molecular complexity index is 659. The Hall–Kier alpha value is -2.09. The predicted octanol–water partition coefficient (Wildman–Crippen LogP) is 4.99. The average Bonchev–Trinajstić information content (AvgIpc) is 2.53. The highest BCUT2D eigenvalue weighted by atomic mass is 16.4. The van der Waals surface area contributed by atoms with Crippen molar-refractivity contribution in [2.45, 2.75) is 46.0 Å². The van der Waals surface area contributed by atoms with Crippen molar-refractivity contribution in [1.29, 1.82) is 0 Å². The van der Waals surface area contributed by atoms with Gasteiger partial charge in [-0.1, -0.05) is 50.2 Å². The predicted molar refractivity (Wildman–Crippen MR) is 90.7 cm³/mol. The summed E-state index contributed by atoms with van der Waals surface area (Å²) in [5.74, 6) is -0.290. The zero-order valence-corrected chi connectivity index (χ0v) is 13.6. The van der Waals surface area contributed by atoms with Crippen LogP contribution >= 0.6 is 0 Å². The van der Waals surface area contributed by atoms with Gasteiger partial charge in [0.2, 0.25) is 0 Å². The quantitative estimate of drug-likeness (QED) is 0.815. The van der Waals surface area contributed by atoms with Gasteiger partial charge in [0.05, 0.1) is 5.56 Å². The van der Waals surface area contributed by atoms with E-state index in [1.165, 1.54) is 11.1 Å². The summed E-state index contributed by atoms with van der Waals surface area (Å²) in [5, 5.41) is 9.22. The van der Waals surface area contributed by atoms with E-state index in [4.69, 9.17) is 0 Å². The molecule has 0 saturated carbocycles. The second-order valence-electron chi connectivity index (χ2n) is 5.90. The fourth-order valence-corrected chi connectivity index (χ4v) is 2.92. The summed E-state index contributed by atoms with van der Waals surface area (Å²) in [6, 6.07) is 14.1. The number of carbonyl (C=O) groups is 1. The van der Waals surface area contributed by atoms with Crippen LogP contribution in [0.3, 0.4) is 0 Å². The molecular weight excluding hydrogens is 272 g/mol. The second-order valence-corrected chi connectivity index (χ2v) is 5.90. The van der Waals surface area contributed by atoms with Crippen molar-refractivity contribution in [1.82, 2.24) is 0 Å². The molecule has 0 saturated heterocycles. The second kappa shape index (κ2) is 7.26. The minimum atomic E-state index is -0.848. The van der Waals surface area contributed by atoms with Crippen LogP contribution < -0.4 is 0 Å². The lowest BCUT2D eigenvalue weighted by atomic mass is 9.90. The highest BCUT2D eigenvalue weighted by molar-refractivity contribution is 5.89. The average molecular weight is 296 g/mol. The van der Waals surface area contributed by atoms with Gasteiger partial charge in [-0.15, -0.1) is 0 Å². The van der Waals surface area contributed by atoms with Gasteiger partial charge in [0, 0.05) is 0 Å². The van der Waals surface area contributed by atoms with E-state index in [0.29, 0.717) is 11.5 Å². The van der Waals surface area contributed by atoms with Crippen LogP contribution in [0, 0.1) is 6.92 Å². The van der Waals surface area contributed by atoms with Gasteiger partial charge < -0.3 is 5.11 Å². The molecular formula is C20H24O2. The van der Waals surface area contributed by atoms with Crippen LogP contribution in [0.25, 0.3) is 0 Å². The van der Waals surface area contributed by atoms with Gasteiger partial charge in [-0.3, -0.25) is 0 Å². The lowest BCUT2D eigenvalue weighted by Gasteiger charge is -2.15. The zero-order chi connectivity index (χ0) is 16.1. The van der Waals surface area contributed by atoms with Gasteiger partial charge in [0.15, 0.2) is 0 Å². The molecule has 1 atom stereocenters. The molecule has 1 unspecified atom stereocenters. The van der Waals surface area contributed by atoms with Crippen molar-refractivity contribution in [3.05, 3.63) is 70.3 Å². The smallest absolute Gasteiger partial charge is 0.335 e. The number of aryl methyl sites for hydroxylation is 2. The first-order valence-electron chi connectivity index (χ1n) is 7.94. The maximum Gasteiger partial charge on any atom is 0.335 e. The third-order valence-corrected chi connectivity index (χ3v) is 4.54. The summed E-state index contributed by atoms with van der Waals surface area (Å²) in [6.45, 7) is 6.37. The monoisotopic (exact) mass is 296 g/mol. The minimum absolute atomic E-state index is 0.410. The van der Waals surface area contributed by atoms with Gasteiger partial charge in [-0.25, -0.2) is 4.79 Å². The van der Waals surface area contributed by atoms with E-state index in [-0.39, 0.29) is 0 Å². The Labute approximate surface area is 132 Å². The van der Waals surface area contributed by atoms with Crippen molar-refractivity contribution < 1.29 is 9.90 Å². The standard InChI is InChI=1S/C20H24O2/c1-4-14(2)18-10-6-5-8-17(18)13-12-16-9-7-11-19(15(16)3)20(21)22/h5-11,14H,4,12-13H2,1-3H3,(H,21,22). The van der Waals surface area contributed by atoms with Crippen molar-refractivity contribution in [2.75, 3.05) is 0 Å². The van der Waals surface area contributed by atoms with E-state index in [1.807, 2.05) is 19.1 Å². The molecule has 2 heteroatoms. The number of hydrogen-bond donors (Lipinski definition) is 1. The highest BCUT2D eigenvalue weighted by Gasteiger charge is 2.12. The summed E-state index contributed by atoms with van der Waals surface area (Å²) in [4.78, 5) is 11.2. The Morgan fingerprint density at radius 2 is 1.68 bits per heavy atom. The Morgan fingerprint density at radius 1 is 1.05 bits per heavy atom. The van der Waals surface area contributed by atoms with Crippen molar-refractivity contribution in [3.8, 4) is 0 Å². The molecule has 0 heterocycles. The molecule has 0 aliphatic carbocycles. The molecule has 2 nitrogen and oxygen atoms in total. The molecule has 2 aromatic carbocycles. The van der Waals surface area contributed by atoms with Gasteiger partial charge in [-0.05, 0) is 60.4 Å². The molecule has 1 N–H and O–H groups in total. The molecule has 0 aliphatic rings. The molecule has 0 aromatic heterocycles. The number of carboxylic acid groups (broad SMARTS) is 1. The Morgan fingerprint density at radius 3 is 2.36 bits per heavy atom. The number of benzene rings is 2. The molecule has 0 amide bonds. The van der Waals surface area contributed by atoms with Crippen LogP contribution in [0.5, 0.6) is 0 Å². The van der Waals surface area contributed by atoms with Crippen LogP contribution in [0.4, 0.5) is 0 Å². The van der Waals surface area contributed by atoms with Gasteiger partial charge in [0.1, 0.15) is 0 Å². The number of rotatable bonds is 6. The molecule has 0 spiro atoms. The zero-order valence-electron chi connectivity index (χ0n) is 13.6. The van der Waals surface area contributed by atoms with Gasteiger partial charge in [0.25, 0.3) is 0 Å². The first-order valence-corrected chi connectivity index (χ1v) is 7.94. The fraction of sp³-hybridized carbons (Fsp3) is 0.350. The number of aromatic carboxylic acids is 1. The van der Waals surface area contributed by atoms with E-state index in [2.05, 4.69) is 38.1 Å². The lowest BCUT2D eigenvalue weighted by Crippen LogP contribution is -2.05. The minimum Gasteiger partial charge on any atom is -0.478 e. The normalized spacial score (nSPS) is 12.1. The summed E-state index contributed by atoms with van der Waals surface area (Å²) < 4.78 is 0. The third-order valence-electron chi connectivity index (χ3n) is 4.54. The third kappa shape index (κ3) is 3.56. The molecule has 2 rings (SSSR count). The van der Waals surface area contributed by atoms with Crippen LogP contribution in [0.2, 0.25) is 0 Å². The maximum atomic E-state index is 11.2. The maximum absolute atomic E-state index is 11.2. The van der Waals surface area contributed by atoms with E-state index >= 15 is 0 Å². The van der Waals surface area contributed by atoms with Crippen LogP contribution in [-0.2, 0) is 12.8 Å². The fourth-order valence-electron chi connectivity index (χ4n) is 2.92. The Kier molecular flexibility index (Phi) is 5.37. The van der Waals surface area contributed by atoms with E-state index < -0.39 is 5.97 Å². The molecule has 0 fully saturated rings. The van der Waals surface area contributed by atoms with Gasteiger partial charge >= 0.3 is 5.97 Å². The molecule has 22 heavy (non-hydrogen) atoms. The van der Waals surface area contributed by atoms with Crippen LogP contribution in [0.15, 0.2) is 42.5 Å². The molecule has 116 valence electrons. The largest absolute Gasteiger partial charge is 0.478 e.